The quantitative estimate of drug-likeness (QED) is 0.618. The van der Waals surface area contributed by atoms with Crippen molar-refractivity contribution in [2.75, 3.05) is 6.61 Å². The first kappa shape index (κ1) is 13.8. The van der Waals surface area contributed by atoms with Crippen molar-refractivity contribution in [3.63, 3.8) is 0 Å². The number of aryl methyl sites for hydroxylation is 1. The monoisotopic (exact) mass is 263 g/mol. The molecule has 1 aliphatic carbocycles. The molecule has 0 spiro atoms. The largest absolute Gasteiger partial charge is 0.466 e. The average molecular weight is 263 g/mol. The molecule has 1 aromatic heterocycles. The summed E-state index contributed by atoms with van der Waals surface area (Å²) in [5.41, 5.74) is 0.796. The Morgan fingerprint density at radius 2 is 2.21 bits per heavy atom. The summed E-state index contributed by atoms with van der Waals surface area (Å²) in [6.07, 6.45) is 6.56. The maximum absolute atomic E-state index is 11.5. The van der Waals surface area contributed by atoms with Crippen LogP contribution >= 0.6 is 0 Å². The predicted molar refractivity (Wildman–Crippen MR) is 71.9 cm³/mol. The van der Waals surface area contributed by atoms with E-state index in [1.54, 1.807) is 6.92 Å². The summed E-state index contributed by atoms with van der Waals surface area (Å²) in [6.45, 7) is 6.28. The van der Waals surface area contributed by atoms with Gasteiger partial charge in [-0.2, -0.15) is 0 Å². The van der Waals surface area contributed by atoms with Crippen LogP contribution in [0.3, 0.4) is 0 Å². The molecular weight excluding hydrogens is 242 g/mol. The Balaban J connectivity index is 2.12. The van der Waals surface area contributed by atoms with E-state index in [0.717, 1.165) is 24.4 Å². The number of hydrogen-bond donors (Lipinski definition) is 0. The van der Waals surface area contributed by atoms with Crippen molar-refractivity contribution in [1.82, 2.24) is 4.98 Å². The van der Waals surface area contributed by atoms with Crippen molar-refractivity contribution in [3.05, 3.63) is 29.5 Å². The van der Waals surface area contributed by atoms with Gasteiger partial charge in [0.2, 0.25) is 0 Å². The zero-order valence-corrected chi connectivity index (χ0v) is 11.8. The molecule has 0 radical (unpaired) electrons. The molecule has 1 heterocycles. The summed E-state index contributed by atoms with van der Waals surface area (Å²) < 4.78 is 10.7. The lowest BCUT2D eigenvalue weighted by Gasteiger charge is -2.21. The molecule has 1 aliphatic rings. The van der Waals surface area contributed by atoms with Crippen LogP contribution in [0.2, 0.25) is 0 Å². The van der Waals surface area contributed by atoms with Gasteiger partial charge in [0, 0.05) is 5.92 Å². The second-order valence-electron chi connectivity index (χ2n) is 5.07. The van der Waals surface area contributed by atoms with Gasteiger partial charge in [0.05, 0.1) is 12.3 Å². The highest BCUT2D eigenvalue weighted by atomic mass is 16.5. The fraction of sp³-hybridized carbons (Fsp3) is 0.600. The fourth-order valence-electron chi connectivity index (χ4n) is 2.41. The van der Waals surface area contributed by atoms with Gasteiger partial charge in [-0.25, -0.2) is 4.98 Å². The summed E-state index contributed by atoms with van der Waals surface area (Å²) in [5, 5.41) is 0. The molecule has 2 rings (SSSR count). The van der Waals surface area contributed by atoms with Crippen molar-refractivity contribution in [1.29, 1.82) is 0 Å². The number of oxazole rings is 1. The summed E-state index contributed by atoms with van der Waals surface area (Å²) in [5.74, 6) is 1.98. The van der Waals surface area contributed by atoms with Gasteiger partial charge < -0.3 is 9.15 Å². The number of carbonyl (C=O) groups is 1. The minimum absolute atomic E-state index is 0.170. The van der Waals surface area contributed by atoms with Gasteiger partial charge in [-0.1, -0.05) is 19.1 Å². The van der Waals surface area contributed by atoms with Crippen molar-refractivity contribution in [2.24, 2.45) is 5.92 Å². The number of nitrogens with zero attached hydrogens (tertiary/aromatic N) is 1. The van der Waals surface area contributed by atoms with E-state index in [0.29, 0.717) is 24.2 Å². The standard InChI is InChI=1S/C15H21NO3/c1-4-18-14(17)9-13-11(3)16-15(19-13)12-8-6-5-7-10(12)2/h5-6,10,12H,4,7-9H2,1-3H3. The molecule has 0 aromatic carbocycles. The van der Waals surface area contributed by atoms with Crippen LogP contribution in [0.25, 0.3) is 0 Å². The maximum atomic E-state index is 11.5. The Morgan fingerprint density at radius 1 is 1.47 bits per heavy atom. The Labute approximate surface area is 113 Å². The lowest BCUT2D eigenvalue weighted by atomic mass is 9.84. The number of aromatic nitrogens is 1. The number of carbonyl (C=O) groups excluding carboxylic acids is 1. The molecule has 2 atom stereocenters. The van der Waals surface area contributed by atoms with E-state index in [-0.39, 0.29) is 12.4 Å². The van der Waals surface area contributed by atoms with Gasteiger partial charge in [-0.3, -0.25) is 4.79 Å². The molecule has 0 N–H and O–H groups in total. The first-order valence-electron chi connectivity index (χ1n) is 6.88. The Bertz CT molecular complexity index is 476. The van der Waals surface area contributed by atoms with Crippen LogP contribution in [0, 0.1) is 12.8 Å². The zero-order valence-electron chi connectivity index (χ0n) is 11.8. The normalized spacial score (nSPS) is 22.5. The smallest absolute Gasteiger partial charge is 0.313 e. The number of allylic oxidation sites excluding steroid dienone is 2. The third kappa shape index (κ3) is 3.25. The van der Waals surface area contributed by atoms with E-state index in [4.69, 9.17) is 9.15 Å². The highest BCUT2D eigenvalue weighted by Crippen LogP contribution is 2.34. The van der Waals surface area contributed by atoms with E-state index in [9.17, 15) is 4.79 Å². The molecule has 104 valence electrons. The molecular formula is C15H21NO3. The lowest BCUT2D eigenvalue weighted by Crippen LogP contribution is -2.12. The molecule has 0 saturated carbocycles. The minimum Gasteiger partial charge on any atom is -0.466 e. The number of ether oxygens (including phenoxy) is 1. The van der Waals surface area contributed by atoms with Crippen LogP contribution in [-0.2, 0) is 16.0 Å². The number of rotatable bonds is 4. The fourth-order valence-corrected chi connectivity index (χ4v) is 2.41. The van der Waals surface area contributed by atoms with E-state index in [2.05, 4.69) is 24.1 Å². The first-order valence-corrected chi connectivity index (χ1v) is 6.88. The summed E-state index contributed by atoms with van der Waals surface area (Å²) in [6, 6.07) is 0. The third-order valence-corrected chi connectivity index (χ3v) is 3.59. The van der Waals surface area contributed by atoms with Crippen LogP contribution in [0.4, 0.5) is 0 Å². The molecule has 2 unspecified atom stereocenters. The van der Waals surface area contributed by atoms with E-state index < -0.39 is 0 Å². The van der Waals surface area contributed by atoms with Crippen LogP contribution in [0.1, 0.15) is 50.0 Å². The van der Waals surface area contributed by atoms with Crippen molar-refractivity contribution in [2.45, 2.75) is 46.0 Å². The molecule has 1 aromatic rings. The maximum Gasteiger partial charge on any atom is 0.313 e. The number of hydrogen-bond acceptors (Lipinski definition) is 4. The molecule has 19 heavy (non-hydrogen) atoms. The molecule has 0 fully saturated rings. The van der Waals surface area contributed by atoms with Gasteiger partial charge in [-0.15, -0.1) is 0 Å². The molecule has 0 amide bonds. The Hall–Kier alpha value is -1.58. The highest BCUT2D eigenvalue weighted by Gasteiger charge is 2.26. The Kier molecular flexibility index (Phi) is 4.40. The summed E-state index contributed by atoms with van der Waals surface area (Å²) in [4.78, 5) is 16.0. The van der Waals surface area contributed by atoms with Gasteiger partial charge in [0.1, 0.15) is 12.2 Å². The second-order valence-corrected chi connectivity index (χ2v) is 5.07. The molecule has 4 nitrogen and oxygen atoms in total. The van der Waals surface area contributed by atoms with Gasteiger partial charge in [0.15, 0.2) is 5.89 Å². The topological polar surface area (TPSA) is 52.3 Å². The van der Waals surface area contributed by atoms with Crippen molar-refractivity contribution >= 4 is 5.97 Å². The van der Waals surface area contributed by atoms with Gasteiger partial charge in [-0.05, 0) is 32.6 Å². The molecule has 0 bridgehead atoms. The first-order chi connectivity index (χ1) is 9.11. The van der Waals surface area contributed by atoms with E-state index in [1.807, 2.05) is 6.92 Å². The zero-order chi connectivity index (χ0) is 13.8. The Morgan fingerprint density at radius 3 is 2.89 bits per heavy atom. The highest BCUT2D eigenvalue weighted by molar-refractivity contribution is 5.71. The summed E-state index contributed by atoms with van der Waals surface area (Å²) in [7, 11) is 0. The van der Waals surface area contributed by atoms with Crippen molar-refractivity contribution < 1.29 is 13.9 Å². The molecule has 0 saturated heterocycles. The third-order valence-electron chi connectivity index (χ3n) is 3.59. The molecule has 0 aliphatic heterocycles. The van der Waals surface area contributed by atoms with Gasteiger partial charge in [0.25, 0.3) is 0 Å². The number of esters is 1. The summed E-state index contributed by atoms with van der Waals surface area (Å²) >= 11 is 0. The predicted octanol–water partition coefficient (Wildman–Crippen LogP) is 3.16. The van der Waals surface area contributed by atoms with Crippen LogP contribution < -0.4 is 0 Å². The lowest BCUT2D eigenvalue weighted by molar-refractivity contribution is -0.142. The van der Waals surface area contributed by atoms with Crippen molar-refractivity contribution in [3.8, 4) is 0 Å². The SMILES string of the molecule is CCOC(=O)Cc1oc(C2CC=CCC2C)nc1C. The van der Waals surface area contributed by atoms with Crippen LogP contribution in [0.5, 0.6) is 0 Å². The second kappa shape index (κ2) is 6.04. The van der Waals surface area contributed by atoms with Crippen LogP contribution in [-0.4, -0.2) is 17.6 Å². The average Bonchev–Trinajstić information content (AvgIpc) is 2.71. The van der Waals surface area contributed by atoms with Crippen LogP contribution in [0.15, 0.2) is 16.6 Å². The minimum atomic E-state index is -0.259. The van der Waals surface area contributed by atoms with E-state index in [1.165, 1.54) is 0 Å². The molecule has 4 heteroatoms. The van der Waals surface area contributed by atoms with Gasteiger partial charge >= 0.3 is 5.97 Å². The van der Waals surface area contributed by atoms with E-state index >= 15 is 0 Å².